The second-order valence-electron chi connectivity index (χ2n) is 4.01. The van der Waals surface area contributed by atoms with Gasteiger partial charge in [0.2, 0.25) is 11.8 Å². The average Bonchev–Trinajstić information content (AvgIpc) is 2.33. The Labute approximate surface area is 98.2 Å². The molecule has 0 radical (unpaired) electrons. The van der Waals surface area contributed by atoms with Crippen LogP contribution in [0.15, 0.2) is 24.3 Å². The topological polar surface area (TPSA) is 58.2 Å². The molecule has 17 heavy (non-hydrogen) atoms. The van der Waals surface area contributed by atoms with Crippen LogP contribution < -0.4 is 10.6 Å². The molecule has 1 aromatic carbocycles. The quantitative estimate of drug-likeness (QED) is 0.813. The summed E-state index contributed by atoms with van der Waals surface area (Å²) in [6, 6.07) is 6.01. The molecule has 0 aromatic heterocycles. The Morgan fingerprint density at radius 3 is 2.82 bits per heavy atom. The maximum atomic E-state index is 13.3. The summed E-state index contributed by atoms with van der Waals surface area (Å²) in [5, 5.41) is 5.15. The Morgan fingerprint density at radius 1 is 1.41 bits per heavy atom. The van der Waals surface area contributed by atoms with Gasteiger partial charge in [-0.05, 0) is 18.6 Å². The minimum absolute atomic E-state index is 0.0417. The summed E-state index contributed by atoms with van der Waals surface area (Å²) in [5.74, 6) is -1.04. The van der Waals surface area contributed by atoms with E-state index in [2.05, 4.69) is 10.6 Å². The van der Waals surface area contributed by atoms with E-state index in [4.69, 9.17) is 0 Å². The van der Waals surface area contributed by atoms with E-state index in [1.165, 1.54) is 12.1 Å². The number of carbonyl (C=O) groups is 2. The molecule has 1 atom stereocenters. The monoisotopic (exact) mass is 236 g/mol. The van der Waals surface area contributed by atoms with Gasteiger partial charge in [-0.1, -0.05) is 12.1 Å². The number of hydrogen-bond donors (Lipinski definition) is 2. The van der Waals surface area contributed by atoms with Gasteiger partial charge in [0.25, 0.3) is 0 Å². The number of piperidine rings is 1. The molecule has 0 saturated carbocycles. The zero-order chi connectivity index (χ0) is 12.3. The third-order valence-electron chi connectivity index (χ3n) is 2.77. The predicted octanol–water partition coefficient (Wildman–Crippen LogP) is 1.29. The van der Waals surface area contributed by atoms with Crippen LogP contribution in [0, 0.1) is 11.7 Å². The number of halogens is 1. The number of nitrogens with one attached hydrogen (secondary N) is 2. The predicted molar refractivity (Wildman–Crippen MR) is 60.8 cm³/mol. The lowest BCUT2D eigenvalue weighted by molar-refractivity contribution is -0.126. The number of benzene rings is 1. The highest BCUT2D eigenvalue weighted by Gasteiger charge is 2.24. The third-order valence-corrected chi connectivity index (χ3v) is 2.77. The molecule has 0 bridgehead atoms. The SMILES string of the molecule is O=C1CCC(C(=O)Nc2ccccc2F)CN1. The standard InChI is InChI=1S/C12H13FN2O2/c13-9-3-1-2-4-10(9)15-12(17)8-5-6-11(16)14-7-8/h1-4,8H,5-7H2,(H,14,16)(H,15,17). The molecule has 2 N–H and O–H groups in total. The van der Waals surface area contributed by atoms with Gasteiger partial charge in [0, 0.05) is 13.0 Å². The number of amides is 2. The lowest BCUT2D eigenvalue weighted by Crippen LogP contribution is -2.40. The van der Waals surface area contributed by atoms with Crippen LogP contribution in [0.25, 0.3) is 0 Å². The molecule has 1 aliphatic rings. The van der Waals surface area contributed by atoms with Gasteiger partial charge < -0.3 is 10.6 Å². The maximum Gasteiger partial charge on any atom is 0.229 e. The van der Waals surface area contributed by atoms with Crippen LogP contribution >= 0.6 is 0 Å². The Morgan fingerprint density at radius 2 is 2.18 bits per heavy atom. The van der Waals surface area contributed by atoms with Crippen molar-refractivity contribution in [2.75, 3.05) is 11.9 Å². The lowest BCUT2D eigenvalue weighted by Gasteiger charge is -2.21. The van der Waals surface area contributed by atoms with Crippen LogP contribution in [0.2, 0.25) is 0 Å². The van der Waals surface area contributed by atoms with Crippen molar-refractivity contribution >= 4 is 17.5 Å². The van der Waals surface area contributed by atoms with E-state index in [1.54, 1.807) is 12.1 Å². The van der Waals surface area contributed by atoms with Gasteiger partial charge in [0.05, 0.1) is 11.6 Å². The van der Waals surface area contributed by atoms with Crippen LogP contribution in [-0.2, 0) is 9.59 Å². The zero-order valence-corrected chi connectivity index (χ0v) is 9.20. The molecule has 0 aliphatic carbocycles. The summed E-state index contributed by atoms with van der Waals surface area (Å²) in [4.78, 5) is 22.7. The molecule has 5 heteroatoms. The summed E-state index contributed by atoms with van der Waals surface area (Å²) >= 11 is 0. The molecule has 1 aliphatic heterocycles. The average molecular weight is 236 g/mol. The van der Waals surface area contributed by atoms with E-state index in [0.717, 1.165) is 0 Å². The molecule has 1 fully saturated rings. The summed E-state index contributed by atoms with van der Waals surface area (Å²) < 4.78 is 13.3. The Bertz CT molecular complexity index is 438. The lowest BCUT2D eigenvalue weighted by atomic mass is 9.98. The van der Waals surface area contributed by atoms with Crippen molar-refractivity contribution in [2.45, 2.75) is 12.8 Å². The fraction of sp³-hybridized carbons (Fsp3) is 0.333. The fourth-order valence-corrected chi connectivity index (χ4v) is 1.75. The third kappa shape index (κ3) is 2.81. The van der Waals surface area contributed by atoms with E-state index in [0.29, 0.717) is 19.4 Å². The molecule has 2 amide bonds. The first-order valence-corrected chi connectivity index (χ1v) is 5.49. The largest absolute Gasteiger partial charge is 0.355 e. The van der Waals surface area contributed by atoms with Crippen LogP contribution in [0.1, 0.15) is 12.8 Å². The summed E-state index contributed by atoms with van der Waals surface area (Å²) in [6.07, 6.45) is 0.849. The van der Waals surface area contributed by atoms with Crippen LogP contribution in [0.3, 0.4) is 0 Å². The molecule has 1 heterocycles. The highest BCUT2D eigenvalue weighted by Crippen LogP contribution is 2.17. The smallest absolute Gasteiger partial charge is 0.229 e. The van der Waals surface area contributed by atoms with Gasteiger partial charge >= 0.3 is 0 Å². The van der Waals surface area contributed by atoms with E-state index in [-0.39, 0.29) is 23.4 Å². The first-order chi connectivity index (χ1) is 8.16. The molecule has 0 spiro atoms. The molecule has 2 rings (SSSR count). The second-order valence-corrected chi connectivity index (χ2v) is 4.01. The highest BCUT2D eigenvalue weighted by molar-refractivity contribution is 5.94. The van der Waals surface area contributed by atoms with Crippen LogP contribution in [0.5, 0.6) is 0 Å². The summed E-state index contributed by atoms with van der Waals surface area (Å²) in [5.41, 5.74) is 0.175. The number of hydrogen-bond acceptors (Lipinski definition) is 2. The molecule has 1 saturated heterocycles. The van der Waals surface area contributed by atoms with Gasteiger partial charge in [0.15, 0.2) is 0 Å². The molecule has 90 valence electrons. The van der Waals surface area contributed by atoms with Crippen molar-refractivity contribution in [3.63, 3.8) is 0 Å². The Balaban J connectivity index is 1.98. The van der Waals surface area contributed by atoms with Crippen molar-refractivity contribution in [3.8, 4) is 0 Å². The Hall–Kier alpha value is -1.91. The van der Waals surface area contributed by atoms with Crippen LogP contribution in [-0.4, -0.2) is 18.4 Å². The first-order valence-electron chi connectivity index (χ1n) is 5.49. The first kappa shape index (κ1) is 11.6. The van der Waals surface area contributed by atoms with E-state index in [9.17, 15) is 14.0 Å². The summed E-state index contributed by atoms with van der Waals surface area (Å²) in [7, 11) is 0. The highest BCUT2D eigenvalue weighted by atomic mass is 19.1. The number of rotatable bonds is 2. The van der Waals surface area contributed by atoms with Crippen molar-refractivity contribution in [3.05, 3.63) is 30.1 Å². The number of anilines is 1. The zero-order valence-electron chi connectivity index (χ0n) is 9.20. The molecule has 1 unspecified atom stereocenters. The summed E-state index contributed by atoms with van der Waals surface area (Å²) in [6.45, 7) is 0.319. The van der Waals surface area contributed by atoms with Gasteiger partial charge in [0.1, 0.15) is 5.82 Å². The molecular weight excluding hydrogens is 223 g/mol. The number of carbonyl (C=O) groups excluding carboxylic acids is 2. The Kier molecular flexibility index (Phi) is 3.37. The van der Waals surface area contributed by atoms with Crippen molar-refractivity contribution < 1.29 is 14.0 Å². The van der Waals surface area contributed by atoms with Gasteiger partial charge in [-0.15, -0.1) is 0 Å². The van der Waals surface area contributed by atoms with Crippen molar-refractivity contribution in [1.29, 1.82) is 0 Å². The maximum absolute atomic E-state index is 13.3. The van der Waals surface area contributed by atoms with Gasteiger partial charge in [-0.2, -0.15) is 0 Å². The minimum Gasteiger partial charge on any atom is -0.355 e. The van der Waals surface area contributed by atoms with E-state index in [1.807, 2.05) is 0 Å². The van der Waals surface area contributed by atoms with Gasteiger partial charge in [-0.25, -0.2) is 4.39 Å². The normalized spacial score (nSPS) is 19.6. The molecular formula is C12H13FN2O2. The van der Waals surface area contributed by atoms with Crippen LogP contribution in [0.4, 0.5) is 10.1 Å². The van der Waals surface area contributed by atoms with Gasteiger partial charge in [-0.3, -0.25) is 9.59 Å². The van der Waals surface area contributed by atoms with E-state index < -0.39 is 5.82 Å². The van der Waals surface area contributed by atoms with E-state index >= 15 is 0 Å². The van der Waals surface area contributed by atoms with Crippen molar-refractivity contribution in [2.24, 2.45) is 5.92 Å². The molecule has 1 aromatic rings. The minimum atomic E-state index is -0.458. The van der Waals surface area contributed by atoms with Crippen molar-refractivity contribution in [1.82, 2.24) is 5.32 Å². The number of para-hydroxylation sites is 1. The fourth-order valence-electron chi connectivity index (χ4n) is 1.75. The second kappa shape index (κ2) is 4.95. The molecule has 4 nitrogen and oxygen atoms in total.